The summed E-state index contributed by atoms with van der Waals surface area (Å²) in [5.41, 5.74) is 12.4. The molecule has 4 unspecified atom stereocenters. The summed E-state index contributed by atoms with van der Waals surface area (Å²) in [4.78, 5) is 76.0. The Balaban J connectivity index is 2.30. The van der Waals surface area contributed by atoms with Crippen molar-refractivity contribution in [3.05, 3.63) is 36.0 Å². The molecule has 2 rings (SSSR count). The molecule has 0 aliphatic rings. The van der Waals surface area contributed by atoms with Crippen LogP contribution in [0.15, 0.2) is 30.5 Å². The molecular formula is C26H36N6O8. The SMILES string of the molecule is CC(C)CC(NC(=O)C(Cc1c[nH]c2ccccc12)NC(=O)C(N)CC(N)=O)C(=O)NC(CCC(=O)O)C(=O)O. The number of carboxylic acids is 2. The van der Waals surface area contributed by atoms with E-state index in [1.165, 1.54) is 0 Å². The number of carbonyl (C=O) groups is 6. The van der Waals surface area contributed by atoms with Crippen LogP contribution >= 0.6 is 0 Å². The number of benzene rings is 1. The van der Waals surface area contributed by atoms with E-state index in [2.05, 4.69) is 20.9 Å². The lowest BCUT2D eigenvalue weighted by atomic mass is 10.00. The van der Waals surface area contributed by atoms with E-state index in [4.69, 9.17) is 16.6 Å². The van der Waals surface area contributed by atoms with Crippen LogP contribution < -0.4 is 27.4 Å². The number of carbonyl (C=O) groups excluding carboxylic acids is 4. The molecular weight excluding hydrogens is 524 g/mol. The number of aromatic nitrogens is 1. The first-order chi connectivity index (χ1) is 18.8. The molecule has 0 spiro atoms. The Morgan fingerprint density at radius 1 is 0.900 bits per heavy atom. The lowest BCUT2D eigenvalue weighted by Gasteiger charge is -2.26. The van der Waals surface area contributed by atoms with Gasteiger partial charge in [-0.3, -0.25) is 24.0 Å². The number of para-hydroxylation sites is 1. The second-order valence-electron chi connectivity index (χ2n) is 9.92. The molecule has 0 aliphatic heterocycles. The molecule has 0 saturated carbocycles. The van der Waals surface area contributed by atoms with Crippen LogP contribution in [0.1, 0.15) is 45.1 Å². The number of aliphatic carboxylic acids is 2. The molecule has 0 radical (unpaired) electrons. The van der Waals surface area contributed by atoms with E-state index in [1.54, 1.807) is 20.0 Å². The average Bonchev–Trinajstić information content (AvgIpc) is 3.27. The second-order valence-corrected chi connectivity index (χ2v) is 9.92. The predicted octanol–water partition coefficient (Wildman–Crippen LogP) is -0.637. The van der Waals surface area contributed by atoms with Crippen LogP contribution in [0.2, 0.25) is 0 Å². The van der Waals surface area contributed by atoms with E-state index in [-0.39, 0.29) is 25.2 Å². The Bertz CT molecular complexity index is 1240. The van der Waals surface area contributed by atoms with Crippen LogP contribution in [-0.2, 0) is 35.2 Å². The van der Waals surface area contributed by atoms with Gasteiger partial charge in [-0.2, -0.15) is 0 Å². The van der Waals surface area contributed by atoms with Crippen LogP contribution in [0.3, 0.4) is 0 Å². The van der Waals surface area contributed by atoms with Gasteiger partial charge in [-0.1, -0.05) is 32.0 Å². The Labute approximate surface area is 230 Å². The largest absolute Gasteiger partial charge is 0.481 e. The minimum atomic E-state index is -1.48. The number of carboxylic acid groups (broad SMARTS) is 2. The molecule has 1 aromatic carbocycles. The lowest BCUT2D eigenvalue weighted by molar-refractivity contribution is -0.143. The zero-order valence-corrected chi connectivity index (χ0v) is 22.3. The number of nitrogens with one attached hydrogen (secondary N) is 4. The van der Waals surface area contributed by atoms with Gasteiger partial charge in [0.05, 0.1) is 12.5 Å². The zero-order valence-electron chi connectivity index (χ0n) is 22.3. The maximum Gasteiger partial charge on any atom is 0.326 e. The summed E-state index contributed by atoms with van der Waals surface area (Å²) in [5.74, 6) is -5.92. The van der Waals surface area contributed by atoms with Gasteiger partial charge in [0, 0.05) is 29.9 Å². The highest BCUT2D eigenvalue weighted by molar-refractivity contribution is 5.95. The van der Waals surface area contributed by atoms with E-state index in [1.807, 2.05) is 24.3 Å². The van der Waals surface area contributed by atoms with Crippen molar-refractivity contribution < 1.29 is 39.0 Å². The lowest BCUT2D eigenvalue weighted by Crippen LogP contribution is -2.58. The highest BCUT2D eigenvalue weighted by Gasteiger charge is 2.31. The zero-order chi connectivity index (χ0) is 30.0. The van der Waals surface area contributed by atoms with Crippen molar-refractivity contribution in [1.29, 1.82) is 0 Å². The van der Waals surface area contributed by atoms with E-state index in [9.17, 15) is 33.9 Å². The fraction of sp³-hybridized carbons (Fsp3) is 0.462. The highest BCUT2D eigenvalue weighted by Crippen LogP contribution is 2.19. The third kappa shape index (κ3) is 9.69. The van der Waals surface area contributed by atoms with Crippen molar-refractivity contribution in [3.8, 4) is 0 Å². The predicted molar refractivity (Wildman–Crippen MR) is 144 cm³/mol. The summed E-state index contributed by atoms with van der Waals surface area (Å²) >= 11 is 0. The summed E-state index contributed by atoms with van der Waals surface area (Å²) in [5, 5.41) is 26.5. The minimum Gasteiger partial charge on any atom is -0.481 e. The third-order valence-electron chi connectivity index (χ3n) is 6.09. The molecule has 0 fully saturated rings. The van der Waals surface area contributed by atoms with Gasteiger partial charge in [0.2, 0.25) is 23.6 Å². The smallest absolute Gasteiger partial charge is 0.326 e. The van der Waals surface area contributed by atoms with Gasteiger partial charge in [0.15, 0.2) is 0 Å². The Morgan fingerprint density at radius 2 is 1.50 bits per heavy atom. The molecule has 4 atom stereocenters. The first kappa shape index (κ1) is 31.8. The summed E-state index contributed by atoms with van der Waals surface area (Å²) < 4.78 is 0. The summed E-state index contributed by atoms with van der Waals surface area (Å²) in [6.45, 7) is 3.58. The number of aromatic amines is 1. The van der Waals surface area contributed by atoms with Gasteiger partial charge >= 0.3 is 11.9 Å². The monoisotopic (exact) mass is 560 g/mol. The average molecular weight is 561 g/mol. The molecule has 0 saturated heterocycles. The number of H-pyrrole nitrogens is 1. The Hall–Kier alpha value is -4.46. The number of nitrogens with two attached hydrogens (primary N) is 2. The van der Waals surface area contributed by atoms with E-state index in [0.717, 1.165) is 10.9 Å². The van der Waals surface area contributed by atoms with Crippen LogP contribution in [0.4, 0.5) is 0 Å². The van der Waals surface area contributed by atoms with Crippen LogP contribution in [-0.4, -0.2) is 74.9 Å². The van der Waals surface area contributed by atoms with E-state index >= 15 is 0 Å². The molecule has 0 aliphatic carbocycles. The molecule has 1 aromatic heterocycles. The molecule has 40 heavy (non-hydrogen) atoms. The van der Waals surface area contributed by atoms with E-state index in [0.29, 0.717) is 5.56 Å². The van der Waals surface area contributed by atoms with Crippen molar-refractivity contribution in [2.75, 3.05) is 0 Å². The van der Waals surface area contributed by atoms with Gasteiger partial charge in [-0.15, -0.1) is 0 Å². The highest BCUT2D eigenvalue weighted by atomic mass is 16.4. The normalized spacial score (nSPS) is 14.1. The van der Waals surface area contributed by atoms with Crippen molar-refractivity contribution in [2.24, 2.45) is 17.4 Å². The molecule has 2 aromatic rings. The number of fused-ring (bicyclic) bond motifs is 1. The van der Waals surface area contributed by atoms with Crippen molar-refractivity contribution >= 4 is 46.5 Å². The quantitative estimate of drug-likeness (QED) is 0.130. The maximum atomic E-state index is 13.5. The van der Waals surface area contributed by atoms with Crippen molar-refractivity contribution in [1.82, 2.24) is 20.9 Å². The van der Waals surface area contributed by atoms with Gasteiger partial charge in [-0.05, 0) is 30.4 Å². The number of hydrogen-bond donors (Lipinski definition) is 8. The number of amides is 4. The van der Waals surface area contributed by atoms with Crippen molar-refractivity contribution in [3.63, 3.8) is 0 Å². The molecule has 14 nitrogen and oxygen atoms in total. The summed E-state index contributed by atoms with van der Waals surface area (Å²) in [6.07, 6.45) is 0.519. The minimum absolute atomic E-state index is 0.00272. The topological polar surface area (TPSA) is 247 Å². The molecule has 10 N–H and O–H groups in total. The van der Waals surface area contributed by atoms with Gasteiger partial charge < -0.3 is 42.6 Å². The molecule has 218 valence electrons. The fourth-order valence-corrected chi connectivity index (χ4v) is 4.09. The van der Waals surface area contributed by atoms with Crippen molar-refractivity contribution in [2.45, 2.75) is 70.1 Å². The molecule has 14 heteroatoms. The first-order valence-corrected chi connectivity index (χ1v) is 12.7. The second kappa shape index (κ2) is 14.6. The number of hydrogen-bond acceptors (Lipinski definition) is 7. The number of primary amides is 1. The van der Waals surface area contributed by atoms with Gasteiger partial charge in [0.1, 0.15) is 18.1 Å². The Kier molecular flexibility index (Phi) is 11.6. The Morgan fingerprint density at radius 3 is 2.10 bits per heavy atom. The molecule has 1 heterocycles. The fourth-order valence-electron chi connectivity index (χ4n) is 4.09. The van der Waals surface area contributed by atoms with Crippen LogP contribution in [0, 0.1) is 5.92 Å². The van der Waals surface area contributed by atoms with Gasteiger partial charge in [0.25, 0.3) is 0 Å². The van der Waals surface area contributed by atoms with Crippen LogP contribution in [0.25, 0.3) is 10.9 Å². The third-order valence-corrected chi connectivity index (χ3v) is 6.09. The standard InChI is InChI=1S/C26H36N6O8/c1-13(2)9-19(24(37)30-18(26(39)40)7-8-22(34)35)32-25(38)20(31-23(36)16(27)11-21(28)33)10-14-12-29-17-6-4-3-5-15(14)17/h3-6,12-13,16,18-20,29H,7-11,27H2,1-2H3,(H2,28,33)(H,30,37)(H,31,36)(H,32,38)(H,34,35)(H,39,40). The molecule has 0 bridgehead atoms. The van der Waals surface area contributed by atoms with Gasteiger partial charge in [-0.25, -0.2) is 4.79 Å². The van der Waals surface area contributed by atoms with E-state index < -0.39 is 72.6 Å². The number of rotatable bonds is 16. The first-order valence-electron chi connectivity index (χ1n) is 12.7. The summed E-state index contributed by atoms with van der Waals surface area (Å²) in [6, 6.07) is 2.09. The molecule has 4 amide bonds. The maximum absolute atomic E-state index is 13.5. The van der Waals surface area contributed by atoms with Crippen LogP contribution in [0.5, 0.6) is 0 Å². The summed E-state index contributed by atoms with van der Waals surface area (Å²) in [7, 11) is 0.